The first-order valence-electron chi connectivity index (χ1n) is 12.7. The molecule has 0 radical (unpaired) electrons. The lowest BCUT2D eigenvalue weighted by molar-refractivity contribution is -0.132. The Morgan fingerprint density at radius 2 is 1.79 bits per heavy atom. The van der Waals surface area contributed by atoms with Crippen molar-refractivity contribution in [2.75, 3.05) is 25.0 Å². The number of rotatable bonds is 11. The molecule has 4 rings (SSSR count). The summed E-state index contributed by atoms with van der Waals surface area (Å²) in [5.74, 6) is -1.01. The molecule has 0 unspecified atom stereocenters. The largest absolute Gasteiger partial charge is 0.377 e. The molecule has 1 N–H and O–H groups in total. The Bertz CT molecular complexity index is 1390. The van der Waals surface area contributed by atoms with Gasteiger partial charge >= 0.3 is 0 Å². The fraction of sp³-hybridized carbons (Fsp3) is 0.357. The normalized spacial score (nSPS) is 15.4. The van der Waals surface area contributed by atoms with Crippen LogP contribution in [0.4, 0.5) is 10.1 Å². The summed E-state index contributed by atoms with van der Waals surface area (Å²) in [5, 5.41) is 4.57. The van der Waals surface area contributed by atoms with Crippen LogP contribution in [0.5, 0.6) is 0 Å². The van der Waals surface area contributed by atoms with Crippen LogP contribution >= 0.6 is 11.3 Å². The average Bonchev–Trinajstić information content (AvgIpc) is 3.56. The van der Waals surface area contributed by atoms with Gasteiger partial charge < -0.3 is 15.0 Å². The van der Waals surface area contributed by atoms with Crippen LogP contribution in [0.2, 0.25) is 0 Å². The molecule has 3 aromatic rings. The fourth-order valence-corrected chi connectivity index (χ4v) is 6.70. The van der Waals surface area contributed by atoms with Gasteiger partial charge in [0.2, 0.25) is 21.8 Å². The van der Waals surface area contributed by atoms with Crippen molar-refractivity contribution < 1.29 is 27.1 Å². The minimum Gasteiger partial charge on any atom is -0.377 e. The molecule has 2 amide bonds. The topological polar surface area (TPSA) is 96.0 Å². The summed E-state index contributed by atoms with van der Waals surface area (Å²) in [4.78, 5) is 27.7. The van der Waals surface area contributed by atoms with E-state index in [2.05, 4.69) is 5.32 Å². The number of benzene rings is 2. The number of amides is 2. The molecule has 0 spiro atoms. The molecule has 0 bridgehead atoms. The molecular formula is C28H32FN3O5S2. The van der Waals surface area contributed by atoms with E-state index in [0.29, 0.717) is 25.3 Å². The Hall–Kier alpha value is -3.12. The lowest BCUT2D eigenvalue weighted by Crippen LogP contribution is -2.45. The summed E-state index contributed by atoms with van der Waals surface area (Å²) >= 11 is 1.53. The number of halogens is 1. The van der Waals surface area contributed by atoms with Crippen molar-refractivity contribution in [3.63, 3.8) is 0 Å². The van der Waals surface area contributed by atoms with E-state index in [1.165, 1.54) is 59.0 Å². The van der Waals surface area contributed by atoms with Crippen LogP contribution in [0.25, 0.3) is 0 Å². The summed E-state index contributed by atoms with van der Waals surface area (Å²) in [6.45, 7) is 4.06. The van der Waals surface area contributed by atoms with Crippen molar-refractivity contribution in [2.45, 2.75) is 50.8 Å². The second kappa shape index (κ2) is 12.8. The van der Waals surface area contributed by atoms with Crippen LogP contribution in [0.15, 0.2) is 64.9 Å². The summed E-state index contributed by atoms with van der Waals surface area (Å²) < 4.78 is 47.9. The Kier molecular flexibility index (Phi) is 9.49. The van der Waals surface area contributed by atoms with Crippen molar-refractivity contribution in [3.8, 4) is 0 Å². The van der Waals surface area contributed by atoms with E-state index in [1.54, 1.807) is 17.0 Å². The second-order valence-corrected chi connectivity index (χ2v) is 12.5. The zero-order valence-electron chi connectivity index (χ0n) is 21.9. The Morgan fingerprint density at radius 3 is 2.38 bits per heavy atom. The minimum absolute atomic E-state index is 0.0154. The van der Waals surface area contributed by atoms with Crippen LogP contribution in [-0.2, 0) is 37.4 Å². The molecule has 0 aliphatic carbocycles. The van der Waals surface area contributed by atoms with Gasteiger partial charge in [-0.15, -0.1) is 11.3 Å². The molecule has 208 valence electrons. The third-order valence-electron chi connectivity index (χ3n) is 6.50. The summed E-state index contributed by atoms with van der Waals surface area (Å²) in [6.07, 6.45) is 1.22. The van der Waals surface area contributed by atoms with Crippen molar-refractivity contribution >= 4 is 38.9 Å². The van der Waals surface area contributed by atoms with E-state index in [4.69, 9.17) is 4.74 Å². The molecule has 1 saturated heterocycles. The highest BCUT2D eigenvalue weighted by molar-refractivity contribution is 7.89. The van der Waals surface area contributed by atoms with Crippen LogP contribution in [0.1, 0.15) is 35.8 Å². The van der Waals surface area contributed by atoms with Crippen molar-refractivity contribution in [3.05, 3.63) is 81.8 Å². The number of hydrogen-bond acceptors (Lipinski definition) is 6. The molecule has 1 aromatic heterocycles. The highest BCUT2D eigenvalue weighted by Gasteiger charge is 2.32. The maximum Gasteiger partial charge on any atom is 0.243 e. The van der Waals surface area contributed by atoms with Crippen molar-refractivity contribution in [1.82, 2.24) is 9.21 Å². The van der Waals surface area contributed by atoms with Gasteiger partial charge in [0.15, 0.2) is 0 Å². The predicted octanol–water partition coefficient (Wildman–Crippen LogP) is 4.55. The zero-order chi connectivity index (χ0) is 28.0. The Balaban J connectivity index is 1.60. The van der Waals surface area contributed by atoms with E-state index in [1.807, 2.05) is 18.4 Å². The van der Waals surface area contributed by atoms with Crippen LogP contribution in [0, 0.1) is 12.7 Å². The van der Waals surface area contributed by atoms with Gasteiger partial charge in [-0.1, -0.05) is 12.1 Å². The number of carbonyl (C=O) groups excluding carboxylic acids is 2. The zero-order valence-corrected chi connectivity index (χ0v) is 23.6. The van der Waals surface area contributed by atoms with E-state index in [-0.39, 0.29) is 48.3 Å². The van der Waals surface area contributed by atoms with Crippen molar-refractivity contribution in [1.29, 1.82) is 0 Å². The van der Waals surface area contributed by atoms with E-state index < -0.39 is 10.0 Å². The van der Waals surface area contributed by atoms with Gasteiger partial charge in [-0.25, -0.2) is 12.8 Å². The molecule has 39 heavy (non-hydrogen) atoms. The monoisotopic (exact) mass is 573 g/mol. The summed E-state index contributed by atoms with van der Waals surface area (Å²) in [6, 6.07) is 13.8. The number of thiophene rings is 1. The number of aryl methyl sites for hydroxylation is 1. The predicted molar refractivity (Wildman–Crippen MR) is 148 cm³/mol. The quantitative estimate of drug-likeness (QED) is 0.363. The number of hydrogen-bond donors (Lipinski definition) is 1. The first-order valence-corrected chi connectivity index (χ1v) is 15.0. The fourth-order valence-electron chi connectivity index (χ4n) is 4.36. The number of nitrogens with one attached hydrogen (secondary N) is 1. The maximum absolute atomic E-state index is 13.8. The van der Waals surface area contributed by atoms with Gasteiger partial charge in [0.05, 0.1) is 24.1 Å². The van der Waals surface area contributed by atoms with E-state index in [9.17, 15) is 22.4 Å². The average molecular weight is 574 g/mol. The molecule has 2 aromatic carbocycles. The molecule has 1 fully saturated rings. The Morgan fingerprint density at radius 1 is 1.08 bits per heavy atom. The number of anilines is 1. The van der Waals surface area contributed by atoms with Gasteiger partial charge in [0.25, 0.3) is 0 Å². The molecule has 1 atom stereocenters. The van der Waals surface area contributed by atoms with E-state index >= 15 is 0 Å². The Labute approximate surface area is 232 Å². The first kappa shape index (κ1) is 28.9. The summed E-state index contributed by atoms with van der Waals surface area (Å²) in [5.41, 5.74) is 2.25. The highest BCUT2D eigenvalue weighted by atomic mass is 32.2. The molecule has 1 aliphatic rings. The molecule has 8 nitrogen and oxygen atoms in total. The van der Waals surface area contributed by atoms with Crippen molar-refractivity contribution in [2.24, 2.45) is 0 Å². The van der Waals surface area contributed by atoms with Gasteiger partial charge in [0.1, 0.15) is 5.82 Å². The maximum atomic E-state index is 13.8. The van der Waals surface area contributed by atoms with Gasteiger partial charge in [-0.05, 0) is 78.7 Å². The number of carbonyl (C=O) groups is 2. The van der Waals surface area contributed by atoms with Crippen LogP contribution < -0.4 is 5.32 Å². The molecule has 1 aliphatic heterocycles. The minimum atomic E-state index is -4.06. The molecule has 11 heteroatoms. The first-order chi connectivity index (χ1) is 18.6. The third kappa shape index (κ3) is 7.72. The molecule has 2 heterocycles. The van der Waals surface area contributed by atoms with Gasteiger partial charge in [0, 0.05) is 37.2 Å². The highest BCUT2D eigenvalue weighted by Crippen LogP contribution is 2.24. The summed E-state index contributed by atoms with van der Waals surface area (Å²) in [7, 11) is -4.06. The second-order valence-electron chi connectivity index (χ2n) is 9.54. The lowest BCUT2D eigenvalue weighted by atomic mass is 10.2. The standard InChI is InChI=1S/C28H32FN3O5S2/c1-20-13-15-38-27(20)18-31(16-22-5-7-23(29)8-6-22)28(34)19-32(17-25-4-3-14-37-25)39(35,36)26-11-9-24(10-12-26)30-21(2)33/h5-13,15,25H,3-4,14,16-19H2,1-2H3,(H,30,33)/t25-/m0/s1. The molecular weight excluding hydrogens is 541 g/mol. The number of sulfonamides is 1. The lowest BCUT2D eigenvalue weighted by Gasteiger charge is -2.29. The third-order valence-corrected chi connectivity index (χ3v) is 9.33. The van der Waals surface area contributed by atoms with E-state index in [0.717, 1.165) is 22.4 Å². The van der Waals surface area contributed by atoms with Crippen LogP contribution in [-0.4, -0.2) is 55.2 Å². The van der Waals surface area contributed by atoms with Gasteiger partial charge in [-0.2, -0.15) is 4.31 Å². The number of ether oxygens (including phenoxy) is 1. The SMILES string of the molecule is CC(=O)Nc1ccc(S(=O)(=O)N(CC(=O)N(Cc2ccc(F)cc2)Cc2sccc2C)C[C@@H]2CCCO2)cc1. The number of nitrogens with zero attached hydrogens (tertiary/aromatic N) is 2. The smallest absolute Gasteiger partial charge is 0.243 e. The van der Waals surface area contributed by atoms with Gasteiger partial charge in [-0.3, -0.25) is 9.59 Å². The molecule has 0 saturated carbocycles. The van der Waals surface area contributed by atoms with Crippen LogP contribution in [0.3, 0.4) is 0 Å².